The molecule has 1 aromatic heterocycles. The van der Waals surface area contributed by atoms with E-state index in [1.165, 1.54) is 16.8 Å². The Hall–Kier alpha value is -1.95. The maximum Gasteiger partial charge on any atom is 0.335 e. The number of halogens is 1. The molecule has 0 radical (unpaired) electrons. The standard InChI is InChI=1S/C9H7ClN4O2/c1-5-11-12-13-14(5)8-3-2-6(9(15)16)4-7(8)10/h2-4H,1H3,(H,15,16). The molecule has 7 heteroatoms. The predicted octanol–water partition coefficient (Wildman–Crippen LogP) is 1.32. The number of carboxylic acid groups (broad SMARTS) is 1. The van der Waals surface area contributed by atoms with Gasteiger partial charge in [-0.25, -0.2) is 4.79 Å². The molecule has 2 aromatic rings. The molecule has 0 aliphatic heterocycles. The predicted molar refractivity (Wildman–Crippen MR) is 55.9 cm³/mol. The summed E-state index contributed by atoms with van der Waals surface area (Å²) in [6.07, 6.45) is 0. The molecule has 0 aliphatic rings. The Kier molecular flexibility index (Phi) is 2.57. The van der Waals surface area contributed by atoms with Crippen LogP contribution in [0.25, 0.3) is 5.69 Å². The first-order valence-corrected chi connectivity index (χ1v) is 4.75. The molecule has 1 N–H and O–H groups in total. The third-order valence-electron chi connectivity index (χ3n) is 2.05. The summed E-state index contributed by atoms with van der Waals surface area (Å²) in [5, 5.41) is 20.0. The van der Waals surface area contributed by atoms with Crippen molar-refractivity contribution in [2.75, 3.05) is 0 Å². The number of carbonyl (C=O) groups is 1. The number of hydrogen-bond donors (Lipinski definition) is 1. The van der Waals surface area contributed by atoms with Crippen molar-refractivity contribution in [1.82, 2.24) is 20.2 Å². The number of carboxylic acids is 1. The molecule has 0 unspecified atom stereocenters. The van der Waals surface area contributed by atoms with Gasteiger partial charge in [0.2, 0.25) is 0 Å². The molecule has 0 bridgehead atoms. The number of aromatic nitrogens is 4. The summed E-state index contributed by atoms with van der Waals surface area (Å²) in [7, 11) is 0. The van der Waals surface area contributed by atoms with Gasteiger partial charge in [0.25, 0.3) is 0 Å². The zero-order valence-electron chi connectivity index (χ0n) is 8.25. The summed E-state index contributed by atoms with van der Waals surface area (Å²) in [6, 6.07) is 4.38. The molecule has 82 valence electrons. The maximum absolute atomic E-state index is 10.7. The second kappa shape index (κ2) is 3.90. The van der Waals surface area contributed by atoms with Gasteiger partial charge in [-0.05, 0) is 35.5 Å². The summed E-state index contributed by atoms with van der Waals surface area (Å²) in [5.41, 5.74) is 0.675. The lowest BCUT2D eigenvalue weighted by Crippen LogP contribution is -2.02. The van der Waals surface area contributed by atoms with Crippen LogP contribution in [-0.2, 0) is 0 Å². The van der Waals surface area contributed by atoms with Gasteiger partial charge in [-0.15, -0.1) is 5.10 Å². The van der Waals surface area contributed by atoms with E-state index >= 15 is 0 Å². The molecule has 0 saturated carbocycles. The minimum Gasteiger partial charge on any atom is -0.478 e. The van der Waals surface area contributed by atoms with E-state index in [1.807, 2.05) is 0 Å². The van der Waals surface area contributed by atoms with Crippen LogP contribution in [0.2, 0.25) is 5.02 Å². The van der Waals surface area contributed by atoms with E-state index in [0.29, 0.717) is 11.5 Å². The monoisotopic (exact) mass is 238 g/mol. The lowest BCUT2D eigenvalue weighted by molar-refractivity contribution is 0.0697. The number of nitrogens with zero attached hydrogens (tertiary/aromatic N) is 4. The number of hydrogen-bond acceptors (Lipinski definition) is 4. The van der Waals surface area contributed by atoms with Crippen LogP contribution < -0.4 is 0 Å². The van der Waals surface area contributed by atoms with E-state index < -0.39 is 5.97 Å². The van der Waals surface area contributed by atoms with Crippen LogP contribution in [0.15, 0.2) is 18.2 Å². The van der Waals surface area contributed by atoms with Crippen LogP contribution in [-0.4, -0.2) is 31.3 Å². The normalized spacial score (nSPS) is 10.4. The minimum atomic E-state index is -1.03. The van der Waals surface area contributed by atoms with Crippen molar-refractivity contribution in [3.63, 3.8) is 0 Å². The van der Waals surface area contributed by atoms with E-state index in [2.05, 4.69) is 15.5 Å². The van der Waals surface area contributed by atoms with Crippen LogP contribution in [0.1, 0.15) is 16.2 Å². The zero-order valence-corrected chi connectivity index (χ0v) is 9.01. The fraction of sp³-hybridized carbons (Fsp3) is 0.111. The number of aromatic carboxylic acids is 1. The number of aryl methyl sites for hydroxylation is 1. The van der Waals surface area contributed by atoms with Crippen LogP contribution in [0.5, 0.6) is 0 Å². The van der Waals surface area contributed by atoms with Gasteiger partial charge in [0, 0.05) is 0 Å². The molecule has 1 aromatic carbocycles. The van der Waals surface area contributed by atoms with Gasteiger partial charge >= 0.3 is 5.97 Å². The second-order valence-corrected chi connectivity index (χ2v) is 3.52. The fourth-order valence-corrected chi connectivity index (χ4v) is 1.53. The zero-order chi connectivity index (χ0) is 11.7. The van der Waals surface area contributed by atoms with E-state index in [1.54, 1.807) is 13.0 Å². The molecule has 1 heterocycles. The van der Waals surface area contributed by atoms with Crippen LogP contribution in [0.4, 0.5) is 0 Å². The van der Waals surface area contributed by atoms with E-state index in [9.17, 15) is 4.79 Å². The highest BCUT2D eigenvalue weighted by Gasteiger charge is 2.11. The SMILES string of the molecule is Cc1nnnn1-c1ccc(C(=O)O)cc1Cl. The number of rotatable bonds is 2. The quantitative estimate of drug-likeness (QED) is 0.853. The van der Waals surface area contributed by atoms with Crippen LogP contribution >= 0.6 is 11.6 Å². The largest absolute Gasteiger partial charge is 0.478 e. The summed E-state index contributed by atoms with van der Waals surface area (Å²) in [5.74, 6) is -0.452. The van der Waals surface area contributed by atoms with Gasteiger partial charge in [0.05, 0.1) is 16.3 Å². The first-order valence-electron chi connectivity index (χ1n) is 4.38. The molecule has 0 spiro atoms. The average Bonchev–Trinajstić information content (AvgIpc) is 2.64. The van der Waals surface area contributed by atoms with Crippen molar-refractivity contribution in [3.05, 3.63) is 34.6 Å². The molecule has 0 amide bonds. The molecule has 0 aliphatic carbocycles. The number of tetrazole rings is 1. The van der Waals surface area contributed by atoms with Crippen molar-refractivity contribution >= 4 is 17.6 Å². The first-order chi connectivity index (χ1) is 7.59. The fourth-order valence-electron chi connectivity index (χ4n) is 1.27. The van der Waals surface area contributed by atoms with Gasteiger partial charge in [0.15, 0.2) is 5.82 Å². The van der Waals surface area contributed by atoms with E-state index in [-0.39, 0.29) is 10.6 Å². The molecular formula is C9H7ClN4O2. The van der Waals surface area contributed by atoms with Crippen molar-refractivity contribution in [2.24, 2.45) is 0 Å². The van der Waals surface area contributed by atoms with Gasteiger partial charge in [-0.2, -0.15) is 4.68 Å². The van der Waals surface area contributed by atoms with E-state index in [4.69, 9.17) is 16.7 Å². The van der Waals surface area contributed by atoms with Crippen LogP contribution in [0.3, 0.4) is 0 Å². The van der Waals surface area contributed by atoms with Gasteiger partial charge in [-0.1, -0.05) is 11.6 Å². The summed E-state index contributed by atoms with van der Waals surface area (Å²) in [6.45, 7) is 1.72. The van der Waals surface area contributed by atoms with Crippen molar-refractivity contribution in [1.29, 1.82) is 0 Å². The third kappa shape index (κ3) is 1.74. The first kappa shape index (κ1) is 10.6. The Morgan fingerprint density at radius 1 is 1.50 bits per heavy atom. The second-order valence-electron chi connectivity index (χ2n) is 3.11. The Morgan fingerprint density at radius 2 is 2.25 bits per heavy atom. The molecule has 0 fully saturated rings. The van der Waals surface area contributed by atoms with Crippen LogP contribution in [0, 0.1) is 6.92 Å². The highest BCUT2D eigenvalue weighted by atomic mass is 35.5. The molecule has 0 saturated heterocycles. The van der Waals surface area contributed by atoms with Crippen molar-refractivity contribution in [3.8, 4) is 5.69 Å². The Bertz CT molecular complexity index is 552. The molecule has 2 rings (SSSR count). The Labute approximate surface area is 95.5 Å². The van der Waals surface area contributed by atoms with E-state index in [0.717, 1.165) is 0 Å². The maximum atomic E-state index is 10.7. The third-order valence-corrected chi connectivity index (χ3v) is 2.35. The Morgan fingerprint density at radius 3 is 2.75 bits per heavy atom. The summed E-state index contributed by atoms with van der Waals surface area (Å²) in [4.78, 5) is 10.7. The smallest absolute Gasteiger partial charge is 0.335 e. The van der Waals surface area contributed by atoms with Gasteiger partial charge < -0.3 is 5.11 Å². The summed E-state index contributed by atoms with van der Waals surface area (Å²) >= 11 is 5.96. The number of benzene rings is 1. The average molecular weight is 239 g/mol. The lowest BCUT2D eigenvalue weighted by atomic mass is 10.2. The van der Waals surface area contributed by atoms with Gasteiger partial charge in [0.1, 0.15) is 0 Å². The highest BCUT2D eigenvalue weighted by molar-refractivity contribution is 6.32. The minimum absolute atomic E-state index is 0.125. The van der Waals surface area contributed by atoms with Crippen molar-refractivity contribution in [2.45, 2.75) is 6.92 Å². The topological polar surface area (TPSA) is 80.9 Å². The Balaban J connectivity index is 2.52. The lowest BCUT2D eigenvalue weighted by Gasteiger charge is -2.04. The highest BCUT2D eigenvalue weighted by Crippen LogP contribution is 2.21. The van der Waals surface area contributed by atoms with Gasteiger partial charge in [-0.3, -0.25) is 0 Å². The van der Waals surface area contributed by atoms with Crippen molar-refractivity contribution < 1.29 is 9.90 Å². The molecular weight excluding hydrogens is 232 g/mol. The summed E-state index contributed by atoms with van der Waals surface area (Å²) < 4.78 is 1.44. The molecule has 0 atom stereocenters. The molecule has 16 heavy (non-hydrogen) atoms. The molecule has 6 nitrogen and oxygen atoms in total.